The van der Waals surface area contributed by atoms with Crippen LogP contribution in [0.1, 0.15) is 37.7 Å². The van der Waals surface area contributed by atoms with Gasteiger partial charge in [-0.3, -0.25) is 10.3 Å². The average molecular weight is 336 g/mol. The number of hydrogen-bond acceptors (Lipinski definition) is 4. The van der Waals surface area contributed by atoms with E-state index >= 15 is 0 Å². The van der Waals surface area contributed by atoms with Crippen molar-refractivity contribution in [2.45, 2.75) is 40.2 Å². The molecule has 0 aliphatic carbocycles. The fourth-order valence-electron chi connectivity index (χ4n) is 2.78. The molecular formula is C20H24N4O. The smallest absolute Gasteiger partial charge is 0.161 e. The largest absolute Gasteiger partial charge is 0.318 e. The highest BCUT2D eigenvalue weighted by atomic mass is 16.5. The van der Waals surface area contributed by atoms with Crippen molar-refractivity contribution in [3.63, 3.8) is 0 Å². The Balaban J connectivity index is 1.96. The zero-order valence-electron chi connectivity index (χ0n) is 15.4. The summed E-state index contributed by atoms with van der Waals surface area (Å²) < 4.78 is 2.20. The summed E-state index contributed by atoms with van der Waals surface area (Å²) in [6.07, 6.45) is 3.28. The number of amidine groups is 1. The maximum Gasteiger partial charge on any atom is 0.161 e. The normalized spacial score (nSPS) is 15.8. The SMILES string of the molecule is Cc1cc(C2=NC(=CN(O)C(C)(C)C)C=N2)c(C)n1-c1ccccc1. The Kier molecular flexibility index (Phi) is 4.35. The van der Waals surface area contributed by atoms with Crippen molar-refractivity contribution in [2.24, 2.45) is 9.98 Å². The van der Waals surface area contributed by atoms with E-state index in [-0.39, 0.29) is 5.54 Å². The molecule has 0 saturated carbocycles. The van der Waals surface area contributed by atoms with Crippen molar-refractivity contribution in [3.8, 4) is 5.69 Å². The van der Waals surface area contributed by atoms with Crippen molar-refractivity contribution in [3.05, 3.63) is 65.2 Å². The van der Waals surface area contributed by atoms with Crippen LogP contribution in [0.4, 0.5) is 0 Å². The molecule has 1 aromatic carbocycles. The summed E-state index contributed by atoms with van der Waals surface area (Å²) in [7, 11) is 0. The lowest BCUT2D eigenvalue weighted by molar-refractivity contribution is -0.110. The fourth-order valence-corrected chi connectivity index (χ4v) is 2.78. The van der Waals surface area contributed by atoms with Gasteiger partial charge in [0.05, 0.1) is 18.0 Å². The molecule has 3 rings (SSSR count). The Bertz CT molecular complexity index is 867. The van der Waals surface area contributed by atoms with Gasteiger partial charge in [-0.25, -0.2) is 9.98 Å². The number of rotatable bonds is 3. The molecule has 130 valence electrons. The molecule has 0 bridgehead atoms. The van der Waals surface area contributed by atoms with Crippen LogP contribution in [-0.4, -0.2) is 32.4 Å². The minimum atomic E-state index is -0.387. The Morgan fingerprint density at radius 2 is 1.80 bits per heavy atom. The molecule has 2 aromatic rings. The van der Waals surface area contributed by atoms with Gasteiger partial charge in [0, 0.05) is 22.6 Å². The minimum Gasteiger partial charge on any atom is -0.318 e. The van der Waals surface area contributed by atoms with E-state index in [4.69, 9.17) is 0 Å². The molecule has 2 heterocycles. The molecule has 1 aliphatic rings. The van der Waals surface area contributed by atoms with Crippen LogP contribution >= 0.6 is 0 Å². The van der Waals surface area contributed by atoms with Crippen LogP contribution < -0.4 is 0 Å². The number of nitrogens with zero attached hydrogens (tertiary/aromatic N) is 4. The summed E-state index contributed by atoms with van der Waals surface area (Å²) in [6, 6.07) is 12.3. The molecule has 1 aliphatic heterocycles. The first-order valence-corrected chi connectivity index (χ1v) is 8.35. The summed E-state index contributed by atoms with van der Waals surface area (Å²) >= 11 is 0. The maximum atomic E-state index is 10.1. The van der Waals surface area contributed by atoms with Crippen LogP contribution in [0.3, 0.4) is 0 Å². The fraction of sp³-hybridized carbons (Fsp3) is 0.300. The molecule has 0 unspecified atom stereocenters. The molecule has 1 N–H and O–H groups in total. The lowest BCUT2D eigenvalue weighted by Crippen LogP contribution is -2.34. The van der Waals surface area contributed by atoms with E-state index in [0.717, 1.165) is 27.7 Å². The molecule has 25 heavy (non-hydrogen) atoms. The van der Waals surface area contributed by atoms with E-state index in [1.807, 2.05) is 39.0 Å². The first-order valence-electron chi connectivity index (χ1n) is 8.35. The predicted molar refractivity (Wildman–Crippen MR) is 102 cm³/mol. The Labute approximate surface area is 148 Å². The van der Waals surface area contributed by atoms with Gasteiger partial charge in [0.2, 0.25) is 0 Å². The Morgan fingerprint density at radius 1 is 1.12 bits per heavy atom. The van der Waals surface area contributed by atoms with E-state index in [2.05, 4.69) is 46.6 Å². The first-order chi connectivity index (χ1) is 11.8. The van der Waals surface area contributed by atoms with Gasteiger partial charge in [0.15, 0.2) is 5.84 Å². The van der Waals surface area contributed by atoms with Crippen LogP contribution in [0.15, 0.2) is 58.3 Å². The number of aromatic nitrogens is 1. The van der Waals surface area contributed by atoms with E-state index in [1.165, 1.54) is 0 Å². The van der Waals surface area contributed by atoms with E-state index in [9.17, 15) is 5.21 Å². The third kappa shape index (κ3) is 3.42. The van der Waals surface area contributed by atoms with E-state index < -0.39 is 0 Å². The van der Waals surface area contributed by atoms with Crippen molar-refractivity contribution >= 4 is 12.1 Å². The highest BCUT2D eigenvalue weighted by Crippen LogP contribution is 2.24. The summed E-state index contributed by atoms with van der Waals surface area (Å²) in [6.45, 7) is 9.92. The van der Waals surface area contributed by atoms with Gasteiger partial charge >= 0.3 is 0 Å². The minimum absolute atomic E-state index is 0.387. The molecule has 0 fully saturated rings. The van der Waals surface area contributed by atoms with Crippen LogP contribution in [0, 0.1) is 13.8 Å². The number of aliphatic imine (C=N–C) groups is 2. The second kappa shape index (κ2) is 6.33. The van der Waals surface area contributed by atoms with Crippen LogP contribution in [0.25, 0.3) is 5.69 Å². The molecule has 1 aromatic heterocycles. The standard InChI is InChI=1S/C20H24N4O/c1-14-11-18(15(2)24(14)17-9-7-6-8-10-17)19-21-12-16(22-19)13-23(25)20(3,4)5/h6-13,25H,1-5H3. The predicted octanol–water partition coefficient (Wildman–Crippen LogP) is 4.26. The number of aryl methyl sites for hydroxylation is 1. The van der Waals surface area contributed by atoms with E-state index in [1.54, 1.807) is 12.4 Å². The van der Waals surface area contributed by atoms with Gasteiger partial charge in [0.25, 0.3) is 0 Å². The zero-order chi connectivity index (χ0) is 18.2. The van der Waals surface area contributed by atoms with Crippen molar-refractivity contribution in [1.29, 1.82) is 0 Å². The van der Waals surface area contributed by atoms with E-state index in [0.29, 0.717) is 11.5 Å². The topological polar surface area (TPSA) is 53.1 Å². The second-order valence-electron chi connectivity index (χ2n) is 7.22. The number of para-hydroxylation sites is 1. The first kappa shape index (κ1) is 17.2. The molecule has 5 nitrogen and oxygen atoms in total. The second-order valence-corrected chi connectivity index (χ2v) is 7.22. The molecule has 0 radical (unpaired) electrons. The summed E-state index contributed by atoms with van der Waals surface area (Å²) in [5, 5.41) is 11.2. The van der Waals surface area contributed by atoms with Crippen LogP contribution in [-0.2, 0) is 0 Å². The Hall–Kier alpha value is -2.66. The number of hydrogen-bond donors (Lipinski definition) is 1. The number of benzene rings is 1. The lowest BCUT2D eigenvalue weighted by atomic mass is 10.1. The highest BCUT2D eigenvalue weighted by Gasteiger charge is 2.20. The zero-order valence-corrected chi connectivity index (χ0v) is 15.4. The van der Waals surface area contributed by atoms with Crippen molar-refractivity contribution in [2.75, 3.05) is 0 Å². The number of allylic oxidation sites excluding steroid dienone is 1. The van der Waals surface area contributed by atoms with Crippen LogP contribution in [0.5, 0.6) is 0 Å². The average Bonchev–Trinajstić information content (AvgIpc) is 3.11. The molecule has 0 spiro atoms. The quantitative estimate of drug-likeness (QED) is 0.852. The van der Waals surface area contributed by atoms with Gasteiger partial charge < -0.3 is 4.57 Å². The van der Waals surface area contributed by atoms with Crippen LogP contribution in [0.2, 0.25) is 0 Å². The monoisotopic (exact) mass is 336 g/mol. The third-order valence-electron chi connectivity index (χ3n) is 4.18. The lowest BCUT2D eigenvalue weighted by Gasteiger charge is -2.27. The highest BCUT2D eigenvalue weighted by molar-refractivity contribution is 6.11. The molecular weight excluding hydrogens is 312 g/mol. The van der Waals surface area contributed by atoms with Gasteiger partial charge in [-0.15, -0.1) is 0 Å². The van der Waals surface area contributed by atoms with Crippen molar-refractivity contribution < 1.29 is 5.21 Å². The Morgan fingerprint density at radius 3 is 2.44 bits per heavy atom. The summed E-state index contributed by atoms with van der Waals surface area (Å²) in [4.78, 5) is 9.00. The van der Waals surface area contributed by atoms with Gasteiger partial charge in [-0.05, 0) is 52.8 Å². The third-order valence-corrected chi connectivity index (χ3v) is 4.18. The maximum absolute atomic E-state index is 10.1. The van der Waals surface area contributed by atoms with Gasteiger partial charge in [-0.2, -0.15) is 0 Å². The number of hydroxylamine groups is 2. The van der Waals surface area contributed by atoms with Crippen molar-refractivity contribution in [1.82, 2.24) is 9.63 Å². The van der Waals surface area contributed by atoms with Gasteiger partial charge in [-0.1, -0.05) is 18.2 Å². The summed E-state index contributed by atoms with van der Waals surface area (Å²) in [5.74, 6) is 0.670. The molecule has 0 atom stereocenters. The van der Waals surface area contributed by atoms with Gasteiger partial charge in [0.1, 0.15) is 5.70 Å². The summed E-state index contributed by atoms with van der Waals surface area (Å²) in [5.41, 5.74) is 4.60. The molecule has 5 heteroatoms. The molecule has 0 amide bonds. The molecule has 0 saturated heterocycles.